The van der Waals surface area contributed by atoms with Crippen LogP contribution >= 0.6 is 23.2 Å². The van der Waals surface area contributed by atoms with E-state index in [1.54, 1.807) is 0 Å². The molecule has 0 bridgehead atoms. The number of nitrogens with one attached hydrogen (secondary N) is 1. The van der Waals surface area contributed by atoms with Gasteiger partial charge in [0.2, 0.25) is 5.91 Å². The molecular formula is C11H13Cl2NO3. The molecule has 0 unspecified atom stereocenters. The van der Waals surface area contributed by atoms with E-state index in [4.69, 9.17) is 28.3 Å². The van der Waals surface area contributed by atoms with E-state index < -0.39 is 0 Å². The van der Waals surface area contributed by atoms with Gasteiger partial charge in [-0.05, 0) is 25.0 Å². The summed E-state index contributed by atoms with van der Waals surface area (Å²) in [4.78, 5) is 11.5. The Morgan fingerprint density at radius 1 is 1.24 bits per heavy atom. The second-order valence-corrected chi connectivity index (χ2v) is 4.33. The fourth-order valence-corrected chi connectivity index (χ4v) is 1.75. The number of benzene rings is 1. The Morgan fingerprint density at radius 2 is 1.82 bits per heavy atom. The van der Waals surface area contributed by atoms with Crippen LogP contribution in [-0.4, -0.2) is 22.7 Å². The van der Waals surface area contributed by atoms with E-state index in [-0.39, 0.29) is 28.3 Å². The van der Waals surface area contributed by atoms with Gasteiger partial charge in [-0.2, -0.15) is 0 Å². The number of anilines is 1. The third kappa shape index (κ3) is 4.42. The van der Waals surface area contributed by atoms with Crippen molar-refractivity contribution in [2.24, 2.45) is 0 Å². The van der Waals surface area contributed by atoms with Gasteiger partial charge in [-0.1, -0.05) is 23.2 Å². The summed E-state index contributed by atoms with van der Waals surface area (Å²) in [7, 11) is 0. The van der Waals surface area contributed by atoms with Crippen LogP contribution in [0.2, 0.25) is 10.0 Å². The summed E-state index contributed by atoms with van der Waals surface area (Å²) in [5.74, 6) is -0.386. The van der Waals surface area contributed by atoms with Crippen LogP contribution in [0.5, 0.6) is 5.75 Å². The molecule has 6 heteroatoms. The van der Waals surface area contributed by atoms with Gasteiger partial charge in [-0.25, -0.2) is 0 Å². The molecule has 0 atom stereocenters. The van der Waals surface area contributed by atoms with Gasteiger partial charge in [0.15, 0.2) is 5.75 Å². The lowest BCUT2D eigenvalue weighted by atomic mass is 10.2. The van der Waals surface area contributed by atoms with Gasteiger partial charge in [0.1, 0.15) is 0 Å². The smallest absolute Gasteiger partial charge is 0.224 e. The fraction of sp³-hybridized carbons (Fsp3) is 0.364. The zero-order chi connectivity index (χ0) is 12.8. The fourth-order valence-electron chi connectivity index (χ4n) is 1.26. The first-order chi connectivity index (χ1) is 8.04. The molecule has 17 heavy (non-hydrogen) atoms. The maximum absolute atomic E-state index is 11.5. The molecule has 4 nitrogen and oxygen atoms in total. The number of aliphatic hydroxyl groups excluding tert-OH is 1. The van der Waals surface area contributed by atoms with Crippen LogP contribution in [0.15, 0.2) is 12.1 Å². The molecule has 0 heterocycles. The molecule has 1 rings (SSSR count). The van der Waals surface area contributed by atoms with Crippen molar-refractivity contribution < 1.29 is 15.0 Å². The van der Waals surface area contributed by atoms with Gasteiger partial charge in [0.05, 0.1) is 10.0 Å². The molecule has 3 N–H and O–H groups in total. The molecule has 0 fully saturated rings. The van der Waals surface area contributed by atoms with Crippen LogP contribution in [0.3, 0.4) is 0 Å². The molecule has 0 saturated carbocycles. The first-order valence-electron chi connectivity index (χ1n) is 5.13. The van der Waals surface area contributed by atoms with Crippen LogP contribution in [0.25, 0.3) is 0 Å². The Labute approximate surface area is 109 Å². The molecule has 1 aromatic rings. The predicted molar refractivity (Wildman–Crippen MR) is 67.7 cm³/mol. The molecule has 1 aromatic carbocycles. The number of phenols is 1. The Bertz CT molecular complexity index is 387. The third-order valence-electron chi connectivity index (χ3n) is 2.11. The van der Waals surface area contributed by atoms with Gasteiger partial charge < -0.3 is 15.5 Å². The zero-order valence-electron chi connectivity index (χ0n) is 9.04. The van der Waals surface area contributed by atoms with Crippen molar-refractivity contribution in [3.63, 3.8) is 0 Å². The van der Waals surface area contributed by atoms with E-state index in [1.807, 2.05) is 0 Å². The number of halogens is 2. The Hall–Kier alpha value is -0.970. The standard InChI is InChI=1S/C11H13Cl2NO3/c12-8-5-7(6-9(13)11(8)17)14-10(16)3-1-2-4-15/h5-6,15,17H,1-4H2,(H,14,16). The second kappa shape index (κ2) is 6.69. The number of aromatic hydroxyl groups is 1. The van der Waals surface area contributed by atoms with E-state index in [9.17, 15) is 9.90 Å². The molecule has 0 aromatic heterocycles. The van der Waals surface area contributed by atoms with E-state index in [1.165, 1.54) is 12.1 Å². The summed E-state index contributed by atoms with van der Waals surface area (Å²) in [5.41, 5.74) is 0.437. The highest BCUT2D eigenvalue weighted by molar-refractivity contribution is 6.37. The first-order valence-corrected chi connectivity index (χ1v) is 5.89. The molecule has 1 amide bonds. The van der Waals surface area contributed by atoms with Crippen molar-refractivity contribution in [1.29, 1.82) is 0 Å². The maximum Gasteiger partial charge on any atom is 0.224 e. The van der Waals surface area contributed by atoms with Crippen molar-refractivity contribution >= 4 is 34.8 Å². The number of rotatable bonds is 5. The average molecular weight is 278 g/mol. The molecule has 0 aliphatic carbocycles. The lowest BCUT2D eigenvalue weighted by molar-refractivity contribution is -0.116. The van der Waals surface area contributed by atoms with Crippen LogP contribution in [0.4, 0.5) is 5.69 Å². The quantitative estimate of drug-likeness (QED) is 0.573. The number of hydrogen-bond donors (Lipinski definition) is 3. The molecular weight excluding hydrogens is 265 g/mol. The number of carbonyl (C=O) groups is 1. The second-order valence-electron chi connectivity index (χ2n) is 3.52. The first kappa shape index (κ1) is 14.1. The summed E-state index contributed by atoms with van der Waals surface area (Å²) in [6, 6.07) is 2.85. The average Bonchev–Trinajstić information content (AvgIpc) is 2.26. The third-order valence-corrected chi connectivity index (χ3v) is 2.69. The number of phenolic OH excluding ortho intramolecular Hbond substituents is 1. The minimum atomic E-state index is -0.202. The number of aliphatic hydroxyl groups is 1. The van der Waals surface area contributed by atoms with Crippen molar-refractivity contribution in [2.45, 2.75) is 19.3 Å². The molecule has 0 aliphatic heterocycles. The maximum atomic E-state index is 11.5. The molecule has 94 valence electrons. The molecule has 0 aliphatic rings. The van der Waals surface area contributed by atoms with E-state index in [2.05, 4.69) is 5.32 Å². The van der Waals surface area contributed by atoms with Gasteiger partial charge >= 0.3 is 0 Å². The molecule has 0 saturated heterocycles. The monoisotopic (exact) mass is 277 g/mol. The van der Waals surface area contributed by atoms with Gasteiger partial charge in [0, 0.05) is 18.7 Å². The van der Waals surface area contributed by atoms with Crippen molar-refractivity contribution in [1.82, 2.24) is 0 Å². The van der Waals surface area contributed by atoms with Crippen molar-refractivity contribution in [3.8, 4) is 5.75 Å². The lowest BCUT2D eigenvalue weighted by Gasteiger charge is -2.07. The highest BCUT2D eigenvalue weighted by Gasteiger charge is 2.08. The van der Waals surface area contributed by atoms with Crippen LogP contribution in [-0.2, 0) is 4.79 Å². The highest BCUT2D eigenvalue weighted by atomic mass is 35.5. The van der Waals surface area contributed by atoms with Crippen LogP contribution in [0, 0.1) is 0 Å². The highest BCUT2D eigenvalue weighted by Crippen LogP contribution is 2.34. The van der Waals surface area contributed by atoms with E-state index in [0.29, 0.717) is 24.9 Å². The predicted octanol–water partition coefficient (Wildman–Crippen LogP) is 2.80. The zero-order valence-corrected chi connectivity index (χ0v) is 10.6. The summed E-state index contributed by atoms with van der Waals surface area (Å²) < 4.78 is 0. The largest absolute Gasteiger partial charge is 0.505 e. The molecule has 0 spiro atoms. The number of carbonyl (C=O) groups excluding carboxylic acids is 1. The van der Waals surface area contributed by atoms with Gasteiger partial charge in [-0.15, -0.1) is 0 Å². The number of hydrogen-bond acceptors (Lipinski definition) is 3. The summed E-state index contributed by atoms with van der Waals surface area (Å²) >= 11 is 11.4. The van der Waals surface area contributed by atoms with Gasteiger partial charge in [-0.3, -0.25) is 4.79 Å². The normalized spacial score (nSPS) is 10.3. The summed E-state index contributed by atoms with van der Waals surface area (Å²) in [6.45, 7) is 0.0736. The minimum absolute atomic E-state index is 0.0736. The number of unbranched alkanes of at least 4 members (excludes halogenated alkanes) is 1. The Morgan fingerprint density at radius 3 is 2.35 bits per heavy atom. The SMILES string of the molecule is O=C(CCCCO)Nc1cc(Cl)c(O)c(Cl)c1. The van der Waals surface area contributed by atoms with Crippen molar-refractivity contribution in [2.75, 3.05) is 11.9 Å². The summed E-state index contributed by atoms with van der Waals surface area (Å²) in [6.07, 6.45) is 1.52. The topological polar surface area (TPSA) is 69.6 Å². The lowest BCUT2D eigenvalue weighted by Crippen LogP contribution is -2.11. The van der Waals surface area contributed by atoms with E-state index in [0.717, 1.165) is 0 Å². The Kier molecular flexibility index (Phi) is 5.55. The minimum Gasteiger partial charge on any atom is -0.505 e. The number of amides is 1. The Balaban J connectivity index is 2.60. The van der Waals surface area contributed by atoms with Crippen LogP contribution in [0.1, 0.15) is 19.3 Å². The molecule has 0 radical (unpaired) electrons. The van der Waals surface area contributed by atoms with E-state index >= 15 is 0 Å². The van der Waals surface area contributed by atoms with Gasteiger partial charge in [0.25, 0.3) is 0 Å². The van der Waals surface area contributed by atoms with Crippen molar-refractivity contribution in [3.05, 3.63) is 22.2 Å². The summed E-state index contributed by atoms with van der Waals surface area (Å²) in [5, 5.41) is 20.7. The van der Waals surface area contributed by atoms with Crippen LogP contribution < -0.4 is 5.32 Å².